The van der Waals surface area contributed by atoms with Gasteiger partial charge in [0.2, 0.25) is 5.91 Å². The first kappa shape index (κ1) is 13.8. The summed E-state index contributed by atoms with van der Waals surface area (Å²) in [5.74, 6) is 1.56. The molecule has 2 fully saturated rings. The highest BCUT2D eigenvalue weighted by atomic mass is 16.2. The molecule has 2 aromatic rings. The smallest absolute Gasteiger partial charge is 0.224 e. The minimum absolute atomic E-state index is 0.216. The maximum absolute atomic E-state index is 12.5. The molecule has 2 atom stereocenters. The summed E-state index contributed by atoms with van der Waals surface area (Å²) < 4.78 is 2.13. The minimum atomic E-state index is -0.346. The number of piperidine rings is 1. The van der Waals surface area contributed by atoms with Crippen LogP contribution in [-0.2, 0) is 10.3 Å². The normalized spacial score (nSPS) is 27.0. The van der Waals surface area contributed by atoms with E-state index in [1.807, 2.05) is 0 Å². The Labute approximate surface area is 130 Å². The fraction of sp³-hybridized carbons (Fsp3) is 0.500. The standard InChI is InChI=1S/C18H23N3O/c1-11-4-5-13-6-12(10-21(13)9-11)18(2,3)20-17(22)16-14-7-19-8-15(14)16/h4-6,9-10,14-16,19H,7-8H2,1-3H3,(H,20,22). The summed E-state index contributed by atoms with van der Waals surface area (Å²) in [4.78, 5) is 12.5. The second-order valence-corrected chi connectivity index (χ2v) is 7.39. The van der Waals surface area contributed by atoms with Crippen molar-refractivity contribution in [3.8, 4) is 0 Å². The number of aryl methyl sites for hydroxylation is 1. The van der Waals surface area contributed by atoms with Crippen LogP contribution in [0.4, 0.5) is 0 Å². The summed E-state index contributed by atoms with van der Waals surface area (Å²) in [6, 6.07) is 6.39. The molecule has 0 spiro atoms. The van der Waals surface area contributed by atoms with Gasteiger partial charge >= 0.3 is 0 Å². The van der Waals surface area contributed by atoms with Crippen LogP contribution in [-0.4, -0.2) is 23.4 Å². The molecule has 3 heterocycles. The average molecular weight is 297 g/mol. The van der Waals surface area contributed by atoms with Gasteiger partial charge in [-0.15, -0.1) is 0 Å². The van der Waals surface area contributed by atoms with Crippen molar-refractivity contribution in [1.29, 1.82) is 0 Å². The monoisotopic (exact) mass is 297 g/mol. The predicted molar refractivity (Wildman–Crippen MR) is 86.6 cm³/mol. The lowest BCUT2D eigenvalue weighted by Crippen LogP contribution is -2.42. The van der Waals surface area contributed by atoms with Gasteiger partial charge in [-0.05, 0) is 69.0 Å². The van der Waals surface area contributed by atoms with Crippen molar-refractivity contribution in [3.05, 3.63) is 41.7 Å². The lowest BCUT2D eigenvalue weighted by atomic mass is 9.96. The van der Waals surface area contributed by atoms with Gasteiger partial charge in [-0.3, -0.25) is 4.79 Å². The first-order valence-electron chi connectivity index (χ1n) is 8.07. The minimum Gasteiger partial charge on any atom is -0.347 e. The molecule has 4 heteroatoms. The van der Waals surface area contributed by atoms with Gasteiger partial charge < -0.3 is 15.0 Å². The predicted octanol–water partition coefficient (Wildman–Crippen LogP) is 2.06. The molecule has 2 aliphatic rings. The molecule has 2 aromatic heterocycles. The number of rotatable bonds is 3. The van der Waals surface area contributed by atoms with E-state index in [9.17, 15) is 4.79 Å². The van der Waals surface area contributed by atoms with E-state index in [4.69, 9.17) is 0 Å². The molecule has 1 aliphatic heterocycles. The van der Waals surface area contributed by atoms with Gasteiger partial charge in [-0.25, -0.2) is 0 Å². The topological polar surface area (TPSA) is 45.5 Å². The van der Waals surface area contributed by atoms with E-state index in [1.54, 1.807) is 0 Å². The molecule has 0 radical (unpaired) electrons. The van der Waals surface area contributed by atoms with E-state index in [0.29, 0.717) is 11.8 Å². The number of pyridine rings is 1. The molecule has 2 N–H and O–H groups in total. The maximum atomic E-state index is 12.5. The Hall–Kier alpha value is -1.81. The van der Waals surface area contributed by atoms with Crippen LogP contribution in [0.15, 0.2) is 30.6 Å². The van der Waals surface area contributed by atoms with Crippen LogP contribution in [0.5, 0.6) is 0 Å². The largest absolute Gasteiger partial charge is 0.347 e. The molecular formula is C18H23N3O. The van der Waals surface area contributed by atoms with Crippen LogP contribution in [0, 0.1) is 24.7 Å². The van der Waals surface area contributed by atoms with Crippen LogP contribution >= 0.6 is 0 Å². The zero-order valence-electron chi connectivity index (χ0n) is 13.4. The first-order valence-corrected chi connectivity index (χ1v) is 8.07. The fourth-order valence-electron chi connectivity index (χ4n) is 3.83. The molecule has 1 saturated heterocycles. The summed E-state index contributed by atoms with van der Waals surface area (Å²) in [6.07, 6.45) is 4.24. The Bertz CT molecular complexity index is 736. The lowest BCUT2D eigenvalue weighted by Gasteiger charge is -2.26. The van der Waals surface area contributed by atoms with Crippen molar-refractivity contribution in [2.24, 2.45) is 17.8 Å². The third-order valence-electron chi connectivity index (χ3n) is 5.29. The van der Waals surface area contributed by atoms with E-state index < -0.39 is 0 Å². The van der Waals surface area contributed by atoms with Crippen molar-refractivity contribution in [1.82, 2.24) is 15.0 Å². The molecule has 0 aromatic carbocycles. The summed E-state index contributed by atoms with van der Waals surface area (Å²) in [7, 11) is 0. The fourth-order valence-corrected chi connectivity index (χ4v) is 3.83. The second-order valence-electron chi connectivity index (χ2n) is 7.39. The summed E-state index contributed by atoms with van der Waals surface area (Å²) in [6.45, 7) is 8.26. The van der Waals surface area contributed by atoms with E-state index in [1.165, 1.54) is 5.56 Å². The molecule has 4 rings (SSSR count). The number of nitrogens with zero attached hydrogens (tertiary/aromatic N) is 1. The second kappa shape index (κ2) is 4.59. The van der Waals surface area contributed by atoms with Gasteiger partial charge in [0.1, 0.15) is 0 Å². The molecule has 0 bridgehead atoms. The number of carbonyl (C=O) groups excluding carboxylic acids is 1. The Morgan fingerprint density at radius 3 is 2.73 bits per heavy atom. The van der Waals surface area contributed by atoms with Gasteiger partial charge in [0, 0.05) is 23.8 Å². The number of fused-ring (bicyclic) bond motifs is 2. The molecule has 116 valence electrons. The number of aromatic nitrogens is 1. The van der Waals surface area contributed by atoms with Crippen LogP contribution < -0.4 is 10.6 Å². The van der Waals surface area contributed by atoms with Crippen LogP contribution in [0.3, 0.4) is 0 Å². The SMILES string of the molecule is Cc1ccc2cc(C(C)(C)NC(=O)C3C4CNCC43)cn2c1. The molecule has 1 saturated carbocycles. The van der Waals surface area contributed by atoms with Crippen molar-refractivity contribution >= 4 is 11.4 Å². The highest BCUT2D eigenvalue weighted by Crippen LogP contribution is 2.49. The molecule has 2 unspecified atom stereocenters. The van der Waals surface area contributed by atoms with E-state index in [2.05, 4.69) is 66.4 Å². The van der Waals surface area contributed by atoms with Crippen molar-refractivity contribution in [2.75, 3.05) is 13.1 Å². The third kappa shape index (κ3) is 2.13. The Balaban J connectivity index is 1.55. The molecule has 4 nitrogen and oxygen atoms in total. The Morgan fingerprint density at radius 2 is 2.00 bits per heavy atom. The van der Waals surface area contributed by atoms with Gasteiger partial charge in [0.25, 0.3) is 0 Å². The maximum Gasteiger partial charge on any atom is 0.224 e. The van der Waals surface area contributed by atoms with Crippen LogP contribution in [0.25, 0.3) is 5.52 Å². The average Bonchev–Trinajstić information content (AvgIpc) is 2.83. The highest BCUT2D eigenvalue weighted by Gasteiger charge is 2.57. The number of amides is 1. The van der Waals surface area contributed by atoms with E-state index in [0.717, 1.165) is 24.2 Å². The third-order valence-corrected chi connectivity index (χ3v) is 5.29. The number of hydrogen-bond donors (Lipinski definition) is 2. The lowest BCUT2D eigenvalue weighted by molar-refractivity contribution is -0.124. The van der Waals surface area contributed by atoms with Gasteiger partial charge in [0.05, 0.1) is 5.54 Å². The molecule has 1 aliphatic carbocycles. The quantitative estimate of drug-likeness (QED) is 0.911. The molecule has 1 amide bonds. The number of carbonyl (C=O) groups is 1. The zero-order chi connectivity index (χ0) is 15.5. The molecule has 22 heavy (non-hydrogen) atoms. The van der Waals surface area contributed by atoms with Crippen LogP contribution in [0.1, 0.15) is 25.0 Å². The van der Waals surface area contributed by atoms with Gasteiger partial charge in [-0.2, -0.15) is 0 Å². The number of nitrogens with one attached hydrogen (secondary N) is 2. The highest BCUT2D eigenvalue weighted by molar-refractivity contribution is 5.83. The summed E-state index contributed by atoms with van der Waals surface area (Å²) >= 11 is 0. The van der Waals surface area contributed by atoms with Gasteiger partial charge in [-0.1, -0.05) is 6.07 Å². The number of hydrogen-bond acceptors (Lipinski definition) is 2. The van der Waals surface area contributed by atoms with Crippen molar-refractivity contribution in [2.45, 2.75) is 26.3 Å². The van der Waals surface area contributed by atoms with Crippen LogP contribution in [0.2, 0.25) is 0 Å². The van der Waals surface area contributed by atoms with E-state index in [-0.39, 0.29) is 17.4 Å². The van der Waals surface area contributed by atoms with E-state index >= 15 is 0 Å². The summed E-state index contributed by atoms with van der Waals surface area (Å²) in [5.41, 5.74) is 3.20. The summed E-state index contributed by atoms with van der Waals surface area (Å²) in [5, 5.41) is 6.60. The van der Waals surface area contributed by atoms with Crippen molar-refractivity contribution < 1.29 is 4.79 Å². The Morgan fingerprint density at radius 1 is 1.27 bits per heavy atom. The Kier molecular flexibility index (Phi) is 2.89. The van der Waals surface area contributed by atoms with Crippen molar-refractivity contribution in [3.63, 3.8) is 0 Å². The zero-order valence-corrected chi connectivity index (χ0v) is 13.4. The molecular weight excluding hydrogens is 274 g/mol. The first-order chi connectivity index (χ1) is 10.5. The van der Waals surface area contributed by atoms with Gasteiger partial charge in [0.15, 0.2) is 0 Å².